The molecule has 0 saturated carbocycles. The molecule has 1 heterocycles. The van der Waals surface area contributed by atoms with Crippen LogP contribution in [0.25, 0.3) is 0 Å². The van der Waals surface area contributed by atoms with E-state index >= 15 is 0 Å². The Hall–Kier alpha value is -1.81. The van der Waals surface area contributed by atoms with Gasteiger partial charge in [-0.05, 0) is 19.1 Å². The molecule has 0 amide bonds. The van der Waals surface area contributed by atoms with Gasteiger partial charge in [0.25, 0.3) is 0 Å². The molecule has 4 nitrogen and oxygen atoms in total. The summed E-state index contributed by atoms with van der Waals surface area (Å²) in [4.78, 5) is 12.5. The molecule has 0 atom stereocenters. The largest absolute Gasteiger partial charge is 0.496 e. The van der Waals surface area contributed by atoms with Gasteiger partial charge in [0.15, 0.2) is 0 Å². The van der Waals surface area contributed by atoms with Gasteiger partial charge in [-0.2, -0.15) is 5.10 Å². The predicted octanol–water partition coefficient (Wildman–Crippen LogP) is 2.62. The van der Waals surface area contributed by atoms with E-state index in [4.69, 9.17) is 16.3 Å². The molecule has 18 heavy (non-hydrogen) atoms. The zero-order chi connectivity index (χ0) is 13.3. The lowest BCUT2D eigenvalue weighted by atomic mass is 10.0. The van der Waals surface area contributed by atoms with Crippen molar-refractivity contribution in [3.05, 3.63) is 46.2 Å². The summed E-state index contributed by atoms with van der Waals surface area (Å²) in [5.74, 6) is 0.336. The average molecular weight is 265 g/mol. The maximum Gasteiger partial charge on any atom is 0.216 e. The van der Waals surface area contributed by atoms with Crippen molar-refractivity contribution in [3.8, 4) is 5.75 Å². The molecular weight excluding hydrogens is 252 g/mol. The summed E-state index contributed by atoms with van der Waals surface area (Å²) >= 11 is 5.98. The number of hydrogen-bond acceptors (Lipinski definition) is 3. The van der Waals surface area contributed by atoms with Gasteiger partial charge in [-0.15, -0.1) is 0 Å². The van der Waals surface area contributed by atoms with Gasteiger partial charge in [0.2, 0.25) is 5.78 Å². The Bertz CT molecular complexity index is 586. The number of aryl methyl sites for hydroxylation is 2. The topological polar surface area (TPSA) is 44.1 Å². The summed E-state index contributed by atoms with van der Waals surface area (Å²) in [6, 6.07) is 5.44. The van der Waals surface area contributed by atoms with Gasteiger partial charge in [0.1, 0.15) is 11.4 Å². The maximum atomic E-state index is 12.5. The van der Waals surface area contributed by atoms with Crippen molar-refractivity contribution in [1.29, 1.82) is 0 Å². The standard InChI is InChI=1S/C13H13ClN2O2/c1-8-4-5-11(18-3)9(6-8)13(17)12-10(14)7-15-16(12)2/h4-7H,1-3H3. The van der Waals surface area contributed by atoms with Gasteiger partial charge >= 0.3 is 0 Å². The lowest BCUT2D eigenvalue weighted by Crippen LogP contribution is -2.10. The van der Waals surface area contributed by atoms with Crippen LogP contribution in [0.4, 0.5) is 0 Å². The second-order valence-electron chi connectivity index (χ2n) is 4.00. The number of methoxy groups -OCH3 is 1. The monoisotopic (exact) mass is 264 g/mol. The smallest absolute Gasteiger partial charge is 0.216 e. The molecular formula is C13H13ClN2O2. The molecule has 2 aromatic rings. The normalized spacial score (nSPS) is 10.4. The van der Waals surface area contributed by atoms with Crippen molar-refractivity contribution in [2.24, 2.45) is 7.05 Å². The predicted molar refractivity (Wildman–Crippen MR) is 69.4 cm³/mol. The van der Waals surface area contributed by atoms with Gasteiger partial charge in [0.05, 0.1) is 23.9 Å². The number of aromatic nitrogens is 2. The molecule has 0 unspecified atom stereocenters. The maximum absolute atomic E-state index is 12.5. The van der Waals surface area contributed by atoms with Crippen molar-refractivity contribution in [2.75, 3.05) is 7.11 Å². The van der Waals surface area contributed by atoms with Crippen LogP contribution in [0.1, 0.15) is 21.6 Å². The van der Waals surface area contributed by atoms with E-state index in [9.17, 15) is 4.79 Å². The molecule has 94 valence electrons. The molecule has 0 spiro atoms. The van der Waals surface area contributed by atoms with E-state index in [-0.39, 0.29) is 5.78 Å². The molecule has 0 radical (unpaired) electrons. The molecule has 1 aromatic heterocycles. The van der Waals surface area contributed by atoms with E-state index < -0.39 is 0 Å². The highest BCUT2D eigenvalue weighted by molar-refractivity contribution is 6.34. The van der Waals surface area contributed by atoms with Gasteiger partial charge in [0, 0.05) is 7.05 Å². The van der Waals surface area contributed by atoms with Crippen molar-refractivity contribution in [1.82, 2.24) is 9.78 Å². The van der Waals surface area contributed by atoms with Crippen LogP contribution < -0.4 is 4.74 Å². The lowest BCUT2D eigenvalue weighted by molar-refractivity contribution is 0.102. The first kappa shape index (κ1) is 12.6. The van der Waals surface area contributed by atoms with Crippen molar-refractivity contribution in [3.63, 3.8) is 0 Å². The summed E-state index contributed by atoms with van der Waals surface area (Å²) in [7, 11) is 3.22. The highest BCUT2D eigenvalue weighted by Gasteiger charge is 2.20. The quantitative estimate of drug-likeness (QED) is 0.801. The average Bonchev–Trinajstić information content (AvgIpc) is 2.68. The Morgan fingerprint density at radius 2 is 2.17 bits per heavy atom. The lowest BCUT2D eigenvalue weighted by Gasteiger charge is -2.09. The fourth-order valence-electron chi connectivity index (χ4n) is 1.79. The van der Waals surface area contributed by atoms with Gasteiger partial charge in [-0.1, -0.05) is 23.2 Å². The highest BCUT2D eigenvalue weighted by atomic mass is 35.5. The van der Waals surface area contributed by atoms with Crippen LogP contribution >= 0.6 is 11.6 Å². The second kappa shape index (κ2) is 4.82. The van der Waals surface area contributed by atoms with Crippen LogP contribution in [0.15, 0.2) is 24.4 Å². The number of benzene rings is 1. The van der Waals surface area contributed by atoms with Crippen LogP contribution in [0, 0.1) is 6.92 Å². The van der Waals surface area contributed by atoms with E-state index in [1.165, 1.54) is 18.0 Å². The summed E-state index contributed by atoms with van der Waals surface area (Å²) < 4.78 is 6.67. The minimum atomic E-state index is -0.194. The van der Waals surface area contributed by atoms with Crippen LogP contribution in [-0.2, 0) is 7.05 Å². The van der Waals surface area contributed by atoms with Crippen molar-refractivity contribution >= 4 is 17.4 Å². The number of halogens is 1. The van der Waals surface area contributed by atoms with Crippen molar-refractivity contribution in [2.45, 2.75) is 6.92 Å². The first-order valence-corrected chi connectivity index (χ1v) is 5.79. The fraction of sp³-hybridized carbons (Fsp3) is 0.231. The first-order chi connectivity index (χ1) is 8.54. The van der Waals surface area contributed by atoms with E-state index in [0.29, 0.717) is 22.0 Å². The third kappa shape index (κ3) is 2.11. The number of carbonyl (C=O) groups excluding carboxylic acids is 1. The highest BCUT2D eigenvalue weighted by Crippen LogP contribution is 2.25. The van der Waals surface area contributed by atoms with Crippen LogP contribution in [0.3, 0.4) is 0 Å². The van der Waals surface area contributed by atoms with Gasteiger partial charge in [-0.25, -0.2) is 0 Å². The molecule has 0 aliphatic carbocycles. The molecule has 0 saturated heterocycles. The Labute approximate surface area is 110 Å². The first-order valence-electron chi connectivity index (χ1n) is 5.41. The van der Waals surface area contributed by atoms with Crippen LogP contribution in [0.2, 0.25) is 5.02 Å². The van der Waals surface area contributed by atoms with Crippen molar-refractivity contribution < 1.29 is 9.53 Å². The Morgan fingerprint density at radius 1 is 1.44 bits per heavy atom. The third-order valence-corrected chi connectivity index (χ3v) is 2.99. The van der Waals surface area contributed by atoms with Crippen LogP contribution in [0.5, 0.6) is 5.75 Å². The van der Waals surface area contributed by atoms with E-state index in [1.807, 2.05) is 13.0 Å². The third-order valence-electron chi connectivity index (χ3n) is 2.71. The minimum Gasteiger partial charge on any atom is -0.496 e. The molecule has 0 aliphatic heterocycles. The Morgan fingerprint density at radius 3 is 2.72 bits per heavy atom. The van der Waals surface area contributed by atoms with E-state index in [2.05, 4.69) is 5.10 Å². The number of nitrogens with zero attached hydrogens (tertiary/aromatic N) is 2. The minimum absolute atomic E-state index is 0.194. The van der Waals surface area contributed by atoms with Gasteiger partial charge in [-0.3, -0.25) is 9.48 Å². The Kier molecular flexibility index (Phi) is 3.39. The molecule has 2 rings (SSSR count). The SMILES string of the molecule is COc1ccc(C)cc1C(=O)c1c(Cl)cnn1C. The Balaban J connectivity index is 2.55. The molecule has 0 aliphatic rings. The number of rotatable bonds is 3. The molecule has 5 heteroatoms. The van der Waals surface area contributed by atoms with E-state index in [1.54, 1.807) is 19.2 Å². The molecule has 0 N–H and O–H groups in total. The molecule has 1 aromatic carbocycles. The number of hydrogen-bond donors (Lipinski definition) is 0. The molecule has 0 bridgehead atoms. The zero-order valence-electron chi connectivity index (χ0n) is 10.4. The summed E-state index contributed by atoms with van der Waals surface area (Å²) in [5.41, 5.74) is 1.83. The number of carbonyl (C=O) groups is 1. The second-order valence-corrected chi connectivity index (χ2v) is 4.40. The van der Waals surface area contributed by atoms with E-state index in [0.717, 1.165) is 5.56 Å². The molecule has 0 fully saturated rings. The summed E-state index contributed by atoms with van der Waals surface area (Å²) in [6.45, 7) is 1.92. The van der Waals surface area contributed by atoms with Gasteiger partial charge < -0.3 is 4.74 Å². The fourth-order valence-corrected chi connectivity index (χ4v) is 2.04. The summed E-state index contributed by atoms with van der Waals surface area (Å²) in [5, 5.41) is 4.30. The number of ether oxygens (including phenoxy) is 1. The number of ketones is 1. The summed E-state index contributed by atoms with van der Waals surface area (Å²) in [6.07, 6.45) is 1.46. The zero-order valence-corrected chi connectivity index (χ0v) is 11.2. The van der Waals surface area contributed by atoms with Crippen LogP contribution in [-0.4, -0.2) is 22.7 Å².